The predicted molar refractivity (Wildman–Crippen MR) is 128 cm³/mol. The Morgan fingerprint density at radius 1 is 1.06 bits per heavy atom. The van der Waals surface area contributed by atoms with Crippen molar-refractivity contribution >= 4 is 17.5 Å². The number of rotatable bonds is 4. The highest BCUT2D eigenvalue weighted by molar-refractivity contribution is 5.98. The van der Waals surface area contributed by atoms with E-state index < -0.39 is 0 Å². The van der Waals surface area contributed by atoms with E-state index in [1.54, 1.807) is 0 Å². The second-order valence-electron chi connectivity index (χ2n) is 9.81. The van der Waals surface area contributed by atoms with Crippen molar-refractivity contribution in [1.29, 1.82) is 0 Å². The zero-order valence-electron chi connectivity index (χ0n) is 19.8. The quantitative estimate of drug-likeness (QED) is 0.672. The molecule has 1 fully saturated rings. The average Bonchev–Trinajstić information content (AvgIpc) is 2.72. The van der Waals surface area contributed by atoms with Gasteiger partial charge in [-0.15, -0.1) is 0 Å². The molecule has 31 heavy (non-hydrogen) atoms. The van der Waals surface area contributed by atoms with Crippen LogP contribution in [0.3, 0.4) is 0 Å². The molecule has 166 valence electrons. The summed E-state index contributed by atoms with van der Waals surface area (Å²) in [6, 6.07) is 13.9. The minimum atomic E-state index is -0.203. The van der Waals surface area contributed by atoms with Crippen molar-refractivity contribution < 1.29 is 9.59 Å². The van der Waals surface area contributed by atoms with E-state index in [1.807, 2.05) is 49.1 Å². The van der Waals surface area contributed by atoms with E-state index in [1.165, 1.54) is 5.56 Å². The van der Waals surface area contributed by atoms with E-state index in [2.05, 4.69) is 45.1 Å². The third-order valence-electron chi connectivity index (χ3n) is 6.49. The molecule has 0 bridgehead atoms. The van der Waals surface area contributed by atoms with E-state index in [0.717, 1.165) is 41.6 Å². The van der Waals surface area contributed by atoms with Gasteiger partial charge in [0.25, 0.3) is 5.91 Å². The van der Waals surface area contributed by atoms with Crippen LogP contribution in [0.5, 0.6) is 0 Å². The van der Waals surface area contributed by atoms with Crippen LogP contribution in [0.2, 0.25) is 0 Å². The number of likely N-dealkylation sites (tertiary alicyclic amines) is 1. The predicted octanol–water partition coefficient (Wildman–Crippen LogP) is 5.87. The van der Waals surface area contributed by atoms with E-state index in [-0.39, 0.29) is 29.2 Å². The number of carbonyl (C=O) groups excluding carboxylic acids is 2. The number of hydrogen-bond donors (Lipinski definition) is 1. The van der Waals surface area contributed by atoms with Gasteiger partial charge < -0.3 is 10.2 Å². The van der Waals surface area contributed by atoms with Crippen molar-refractivity contribution in [3.05, 3.63) is 64.7 Å². The van der Waals surface area contributed by atoms with Crippen LogP contribution < -0.4 is 5.32 Å². The standard InChI is InChI=1S/C27H36N2O2/c1-7-23-22(25(30)28-21-14-9-13-20(17-21)27(4,5)6)15-10-16-29(23)26(31)24-18(2)11-8-12-19(24)3/h8-9,11-14,17,22-23H,7,10,15-16H2,1-6H3,(H,28,30)/t22-,23-/m0/s1. The fourth-order valence-corrected chi connectivity index (χ4v) is 4.71. The molecule has 1 N–H and O–H groups in total. The molecule has 4 nitrogen and oxygen atoms in total. The first-order valence-corrected chi connectivity index (χ1v) is 11.4. The Hall–Kier alpha value is -2.62. The Morgan fingerprint density at radius 3 is 2.32 bits per heavy atom. The minimum Gasteiger partial charge on any atom is -0.335 e. The summed E-state index contributed by atoms with van der Waals surface area (Å²) in [5, 5.41) is 3.13. The molecule has 2 atom stereocenters. The lowest BCUT2D eigenvalue weighted by atomic mass is 9.85. The van der Waals surface area contributed by atoms with Gasteiger partial charge in [-0.05, 0) is 67.3 Å². The Balaban J connectivity index is 1.82. The van der Waals surface area contributed by atoms with Crippen molar-refractivity contribution in [1.82, 2.24) is 4.90 Å². The third-order valence-corrected chi connectivity index (χ3v) is 6.49. The summed E-state index contributed by atoms with van der Waals surface area (Å²) in [6.07, 6.45) is 2.41. The number of nitrogens with zero attached hydrogens (tertiary/aromatic N) is 1. The number of hydrogen-bond acceptors (Lipinski definition) is 2. The van der Waals surface area contributed by atoms with Crippen LogP contribution in [0.25, 0.3) is 0 Å². The number of amides is 2. The molecular weight excluding hydrogens is 384 g/mol. The third kappa shape index (κ3) is 5.00. The van der Waals surface area contributed by atoms with Crippen LogP contribution in [0.1, 0.15) is 74.0 Å². The van der Waals surface area contributed by atoms with Crippen molar-refractivity contribution in [3.63, 3.8) is 0 Å². The van der Waals surface area contributed by atoms with Crippen molar-refractivity contribution in [2.75, 3.05) is 11.9 Å². The minimum absolute atomic E-state index is 0.0110. The van der Waals surface area contributed by atoms with Crippen LogP contribution in [-0.2, 0) is 10.2 Å². The number of nitrogens with one attached hydrogen (secondary N) is 1. The van der Waals surface area contributed by atoms with Gasteiger partial charge in [-0.25, -0.2) is 0 Å². The highest BCUT2D eigenvalue weighted by Crippen LogP contribution is 2.31. The molecule has 4 heteroatoms. The Kier molecular flexibility index (Phi) is 6.88. The maximum Gasteiger partial charge on any atom is 0.254 e. The van der Waals surface area contributed by atoms with Gasteiger partial charge in [0.2, 0.25) is 5.91 Å². The average molecular weight is 421 g/mol. The molecule has 0 saturated carbocycles. The summed E-state index contributed by atoms with van der Waals surface area (Å²) < 4.78 is 0. The van der Waals surface area contributed by atoms with Gasteiger partial charge in [0.1, 0.15) is 0 Å². The van der Waals surface area contributed by atoms with E-state index >= 15 is 0 Å². The molecule has 1 aliphatic heterocycles. The van der Waals surface area contributed by atoms with Gasteiger partial charge in [0, 0.05) is 23.8 Å². The number of aryl methyl sites for hydroxylation is 2. The van der Waals surface area contributed by atoms with Gasteiger partial charge in [-0.3, -0.25) is 9.59 Å². The van der Waals surface area contributed by atoms with Crippen LogP contribution in [-0.4, -0.2) is 29.3 Å². The molecule has 0 radical (unpaired) electrons. The zero-order chi connectivity index (χ0) is 22.8. The molecule has 3 rings (SSSR count). The topological polar surface area (TPSA) is 49.4 Å². The molecule has 2 aromatic rings. The van der Waals surface area contributed by atoms with Gasteiger partial charge in [0.15, 0.2) is 0 Å². The van der Waals surface area contributed by atoms with Crippen LogP contribution in [0, 0.1) is 19.8 Å². The van der Waals surface area contributed by atoms with Gasteiger partial charge in [-0.1, -0.05) is 58.0 Å². The second kappa shape index (κ2) is 9.25. The van der Waals surface area contributed by atoms with Crippen molar-refractivity contribution in [2.24, 2.45) is 5.92 Å². The van der Waals surface area contributed by atoms with Gasteiger partial charge in [0.05, 0.1) is 5.92 Å². The summed E-state index contributed by atoms with van der Waals surface area (Å²) >= 11 is 0. The van der Waals surface area contributed by atoms with Crippen molar-refractivity contribution in [3.8, 4) is 0 Å². The first-order chi connectivity index (χ1) is 14.6. The van der Waals surface area contributed by atoms with E-state index in [0.29, 0.717) is 6.54 Å². The molecular formula is C27H36N2O2. The second-order valence-corrected chi connectivity index (χ2v) is 9.81. The molecule has 2 amide bonds. The van der Waals surface area contributed by atoms with Crippen LogP contribution >= 0.6 is 0 Å². The highest BCUT2D eigenvalue weighted by Gasteiger charge is 2.38. The maximum absolute atomic E-state index is 13.5. The summed E-state index contributed by atoms with van der Waals surface area (Å²) in [6.45, 7) is 13.2. The monoisotopic (exact) mass is 420 g/mol. The largest absolute Gasteiger partial charge is 0.335 e. The molecule has 1 heterocycles. The Morgan fingerprint density at radius 2 is 1.71 bits per heavy atom. The first-order valence-electron chi connectivity index (χ1n) is 11.4. The normalized spacial score (nSPS) is 19.2. The highest BCUT2D eigenvalue weighted by atomic mass is 16.2. The molecule has 1 saturated heterocycles. The van der Waals surface area contributed by atoms with E-state index in [9.17, 15) is 9.59 Å². The number of carbonyl (C=O) groups is 2. The summed E-state index contributed by atoms with van der Waals surface area (Å²) in [5.74, 6) is -0.142. The lowest BCUT2D eigenvalue weighted by Gasteiger charge is -2.40. The SMILES string of the molecule is CC[C@H]1[C@@H](C(=O)Nc2cccc(C(C)(C)C)c2)CCCN1C(=O)c1c(C)cccc1C. The lowest BCUT2D eigenvalue weighted by molar-refractivity contribution is -0.123. The first kappa shape index (κ1) is 23.1. The van der Waals surface area contributed by atoms with Gasteiger partial charge in [-0.2, -0.15) is 0 Å². The Labute approximate surface area is 187 Å². The molecule has 0 spiro atoms. The van der Waals surface area contributed by atoms with Gasteiger partial charge >= 0.3 is 0 Å². The summed E-state index contributed by atoms with van der Waals surface area (Å²) in [7, 11) is 0. The molecule has 0 aromatic heterocycles. The molecule has 0 unspecified atom stereocenters. The van der Waals surface area contributed by atoms with Crippen LogP contribution in [0.4, 0.5) is 5.69 Å². The molecule has 0 aliphatic carbocycles. The Bertz CT molecular complexity index is 938. The van der Waals surface area contributed by atoms with Crippen molar-refractivity contribution in [2.45, 2.75) is 72.3 Å². The number of benzene rings is 2. The van der Waals surface area contributed by atoms with Crippen LogP contribution in [0.15, 0.2) is 42.5 Å². The fourth-order valence-electron chi connectivity index (χ4n) is 4.71. The molecule has 2 aromatic carbocycles. The molecule has 1 aliphatic rings. The lowest BCUT2D eigenvalue weighted by Crippen LogP contribution is -2.51. The fraction of sp³-hybridized carbons (Fsp3) is 0.481. The zero-order valence-corrected chi connectivity index (χ0v) is 19.8. The smallest absolute Gasteiger partial charge is 0.254 e. The summed E-state index contributed by atoms with van der Waals surface area (Å²) in [4.78, 5) is 28.7. The summed E-state index contributed by atoms with van der Waals surface area (Å²) in [5.41, 5.74) is 4.79. The number of piperidine rings is 1. The maximum atomic E-state index is 13.5. The van der Waals surface area contributed by atoms with E-state index in [4.69, 9.17) is 0 Å². The number of anilines is 1.